The molecule has 3 rings (SSSR count). The minimum absolute atomic E-state index is 0.351. The molecule has 0 atom stereocenters. The molecular weight excluding hydrogens is 218 g/mol. The van der Waals surface area contributed by atoms with Crippen LogP contribution in [0.5, 0.6) is 0 Å². The van der Waals surface area contributed by atoms with E-state index in [1.807, 2.05) is 18.2 Å². The van der Waals surface area contributed by atoms with Crippen LogP contribution in [0.1, 0.15) is 0 Å². The van der Waals surface area contributed by atoms with Crippen LogP contribution in [0.15, 0.2) is 64.2 Å². The van der Waals surface area contributed by atoms with Gasteiger partial charge in [-0.1, -0.05) is 18.2 Å². The number of hydrogen-bond acceptors (Lipinski definition) is 4. The van der Waals surface area contributed by atoms with E-state index in [1.54, 1.807) is 30.5 Å². The van der Waals surface area contributed by atoms with Gasteiger partial charge < -0.3 is 9.25 Å². The van der Waals surface area contributed by atoms with Crippen molar-refractivity contribution >= 4 is 16.7 Å². The number of para-hydroxylation sites is 1. The van der Waals surface area contributed by atoms with Crippen LogP contribution in [0.3, 0.4) is 0 Å². The van der Waals surface area contributed by atoms with Gasteiger partial charge in [0.2, 0.25) is 0 Å². The van der Waals surface area contributed by atoms with Crippen molar-refractivity contribution in [3.05, 3.63) is 65.4 Å². The Bertz CT molecular complexity index is 670. The highest BCUT2D eigenvalue weighted by molar-refractivity contribution is 5.79. The van der Waals surface area contributed by atoms with Gasteiger partial charge in [0.15, 0.2) is 5.69 Å². The summed E-state index contributed by atoms with van der Waals surface area (Å²) in [5.41, 5.74) is 0.491. The van der Waals surface area contributed by atoms with E-state index in [0.717, 1.165) is 5.39 Å². The lowest BCUT2D eigenvalue weighted by atomic mass is 10.2. The number of allylic oxidation sites excluding steroid dienone is 2. The van der Waals surface area contributed by atoms with Crippen LogP contribution < -0.4 is 10.7 Å². The molecule has 1 aliphatic rings. The van der Waals surface area contributed by atoms with Crippen LogP contribution in [0, 0.1) is 0 Å². The number of hydrogen-bond donors (Lipinski definition) is 0. The van der Waals surface area contributed by atoms with Crippen LogP contribution >= 0.6 is 0 Å². The van der Waals surface area contributed by atoms with Crippen molar-refractivity contribution in [3.63, 3.8) is 0 Å². The Kier molecular flexibility index (Phi) is 2.19. The highest BCUT2D eigenvalue weighted by Gasteiger charge is 2.12. The van der Waals surface area contributed by atoms with E-state index < -0.39 is 5.63 Å². The SMILES string of the molecule is O=c1oc2ccccc2cc1N1C=CC=CO1. The second-order valence-corrected chi connectivity index (χ2v) is 3.56. The lowest BCUT2D eigenvalue weighted by Gasteiger charge is -2.18. The number of fused-ring (bicyclic) bond motifs is 1. The third-order valence-corrected chi connectivity index (χ3v) is 2.45. The maximum atomic E-state index is 11.8. The third kappa shape index (κ3) is 1.69. The fraction of sp³-hybridized carbons (Fsp3) is 0. The van der Waals surface area contributed by atoms with Gasteiger partial charge >= 0.3 is 5.63 Å². The summed E-state index contributed by atoms with van der Waals surface area (Å²) >= 11 is 0. The maximum absolute atomic E-state index is 11.8. The number of rotatable bonds is 1. The Morgan fingerprint density at radius 3 is 2.82 bits per heavy atom. The van der Waals surface area contributed by atoms with Gasteiger partial charge in [0.05, 0.1) is 0 Å². The van der Waals surface area contributed by atoms with Gasteiger partial charge in [0.1, 0.15) is 11.8 Å². The normalized spacial score (nSPS) is 14.0. The Morgan fingerprint density at radius 2 is 2.00 bits per heavy atom. The van der Waals surface area contributed by atoms with Crippen LogP contribution in [-0.2, 0) is 4.84 Å². The molecule has 1 aliphatic heterocycles. The van der Waals surface area contributed by atoms with E-state index in [9.17, 15) is 4.79 Å². The smallest absolute Gasteiger partial charge is 0.363 e. The van der Waals surface area contributed by atoms with Gasteiger partial charge in [-0.2, -0.15) is 5.06 Å². The standard InChI is InChI=1S/C13H9NO3/c15-13-11(14-7-3-4-8-16-14)9-10-5-1-2-6-12(10)17-13/h1-9H. The molecule has 17 heavy (non-hydrogen) atoms. The zero-order valence-corrected chi connectivity index (χ0v) is 8.87. The molecule has 0 radical (unpaired) electrons. The largest absolute Gasteiger partial charge is 0.421 e. The van der Waals surface area contributed by atoms with E-state index in [2.05, 4.69) is 0 Å². The predicted molar refractivity (Wildman–Crippen MR) is 64.3 cm³/mol. The van der Waals surface area contributed by atoms with Crippen molar-refractivity contribution in [3.8, 4) is 0 Å². The molecule has 2 aromatic rings. The van der Waals surface area contributed by atoms with E-state index in [4.69, 9.17) is 9.25 Å². The van der Waals surface area contributed by atoms with E-state index >= 15 is 0 Å². The van der Waals surface area contributed by atoms with Crippen LogP contribution in [0.2, 0.25) is 0 Å². The molecular formula is C13H9NO3. The van der Waals surface area contributed by atoms with Crippen LogP contribution in [-0.4, -0.2) is 0 Å². The van der Waals surface area contributed by atoms with Crippen LogP contribution in [0.25, 0.3) is 11.0 Å². The average Bonchev–Trinajstić information content (AvgIpc) is 2.39. The fourth-order valence-corrected chi connectivity index (χ4v) is 1.65. The van der Waals surface area contributed by atoms with E-state index in [0.29, 0.717) is 11.3 Å². The Hall–Kier alpha value is -2.49. The molecule has 0 saturated carbocycles. The minimum Gasteiger partial charge on any atom is -0.421 e. The van der Waals surface area contributed by atoms with Crippen molar-refractivity contribution in [2.24, 2.45) is 0 Å². The van der Waals surface area contributed by atoms with E-state index in [-0.39, 0.29) is 0 Å². The summed E-state index contributed by atoms with van der Waals surface area (Å²) in [6, 6.07) is 9.09. The summed E-state index contributed by atoms with van der Waals surface area (Å²) in [4.78, 5) is 17.0. The molecule has 0 fully saturated rings. The van der Waals surface area contributed by atoms with Crippen molar-refractivity contribution in [1.29, 1.82) is 0 Å². The van der Waals surface area contributed by atoms with Gasteiger partial charge in [-0.15, -0.1) is 0 Å². The van der Waals surface area contributed by atoms with Crippen LogP contribution in [0.4, 0.5) is 5.69 Å². The first-order valence-electron chi connectivity index (χ1n) is 5.17. The molecule has 0 amide bonds. The molecule has 1 aromatic heterocycles. The lowest BCUT2D eigenvalue weighted by molar-refractivity contribution is 0.243. The zero-order chi connectivity index (χ0) is 11.7. The molecule has 0 bridgehead atoms. The van der Waals surface area contributed by atoms with Gasteiger partial charge in [0, 0.05) is 11.6 Å². The topological polar surface area (TPSA) is 42.7 Å². The molecule has 1 aromatic carbocycles. The molecule has 0 aliphatic carbocycles. The van der Waals surface area contributed by atoms with Gasteiger partial charge in [-0.25, -0.2) is 4.79 Å². The number of hydroxylamine groups is 1. The van der Waals surface area contributed by atoms with Crippen molar-refractivity contribution in [2.45, 2.75) is 0 Å². The molecule has 4 heteroatoms. The molecule has 4 nitrogen and oxygen atoms in total. The maximum Gasteiger partial charge on any atom is 0.363 e. The molecule has 0 unspecified atom stereocenters. The minimum atomic E-state index is -0.427. The molecule has 84 valence electrons. The molecule has 0 spiro atoms. The molecule has 0 N–H and O–H groups in total. The summed E-state index contributed by atoms with van der Waals surface area (Å²) in [6.45, 7) is 0. The van der Waals surface area contributed by atoms with Gasteiger partial charge in [-0.05, 0) is 24.3 Å². The highest BCUT2D eigenvalue weighted by Crippen LogP contribution is 2.19. The molecule has 0 saturated heterocycles. The summed E-state index contributed by atoms with van der Waals surface area (Å²) in [5, 5.41) is 2.23. The summed E-state index contributed by atoms with van der Waals surface area (Å²) < 4.78 is 5.21. The summed E-state index contributed by atoms with van der Waals surface area (Å²) in [7, 11) is 0. The monoisotopic (exact) mass is 227 g/mol. The molecule has 2 heterocycles. The first kappa shape index (κ1) is 9.72. The first-order chi connectivity index (χ1) is 8.34. The Balaban J connectivity index is 2.16. The average molecular weight is 227 g/mol. The first-order valence-corrected chi connectivity index (χ1v) is 5.17. The lowest BCUT2D eigenvalue weighted by Crippen LogP contribution is -2.21. The van der Waals surface area contributed by atoms with Crippen molar-refractivity contribution in [2.75, 3.05) is 5.06 Å². The second kappa shape index (κ2) is 3.83. The van der Waals surface area contributed by atoms with Crippen molar-refractivity contribution < 1.29 is 9.25 Å². The summed E-state index contributed by atoms with van der Waals surface area (Å²) in [5.74, 6) is 0. The quantitative estimate of drug-likeness (QED) is 0.702. The third-order valence-electron chi connectivity index (χ3n) is 2.45. The number of anilines is 1. The van der Waals surface area contributed by atoms with Crippen molar-refractivity contribution in [1.82, 2.24) is 0 Å². The Labute approximate surface area is 97.0 Å². The fourth-order valence-electron chi connectivity index (χ4n) is 1.65. The summed E-state index contributed by atoms with van der Waals surface area (Å²) in [6.07, 6.45) is 6.66. The van der Waals surface area contributed by atoms with Gasteiger partial charge in [-0.3, -0.25) is 0 Å². The van der Waals surface area contributed by atoms with E-state index in [1.165, 1.54) is 11.3 Å². The number of benzene rings is 1. The second-order valence-electron chi connectivity index (χ2n) is 3.56. The predicted octanol–water partition coefficient (Wildman–Crippen LogP) is 2.57. The van der Waals surface area contributed by atoms with Gasteiger partial charge in [0.25, 0.3) is 0 Å². The highest BCUT2D eigenvalue weighted by atomic mass is 16.7. The Morgan fingerprint density at radius 1 is 1.12 bits per heavy atom. The zero-order valence-electron chi connectivity index (χ0n) is 8.87. The number of nitrogens with zero attached hydrogens (tertiary/aromatic N) is 1.